The van der Waals surface area contributed by atoms with Crippen molar-refractivity contribution in [3.63, 3.8) is 0 Å². The highest BCUT2D eigenvalue weighted by atomic mass is 79.9. The maximum atomic E-state index is 10.9. The van der Waals surface area contributed by atoms with E-state index in [1.54, 1.807) is 0 Å². The van der Waals surface area contributed by atoms with Crippen molar-refractivity contribution in [2.24, 2.45) is 23.0 Å². The largest absolute Gasteiger partial charge is 0.388 e. The lowest BCUT2D eigenvalue weighted by molar-refractivity contribution is -0.0134. The SMILES string of the molecule is NCC1(C(O)c2ccccc2Br)CC2CCC1C2. The molecule has 1 aromatic carbocycles. The molecule has 0 amide bonds. The number of nitrogens with two attached hydrogens (primary N) is 1. The molecular weight excluding hydrogens is 290 g/mol. The van der Waals surface area contributed by atoms with Gasteiger partial charge in [-0.2, -0.15) is 0 Å². The van der Waals surface area contributed by atoms with Crippen LogP contribution in [0.25, 0.3) is 0 Å². The summed E-state index contributed by atoms with van der Waals surface area (Å²) < 4.78 is 0.994. The molecule has 2 nitrogen and oxygen atoms in total. The van der Waals surface area contributed by atoms with Gasteiger partial charge in [0.2, 0.25) is 0 Å². The van der Waals surface area contributed by atoms with Gasteiger partial charge in [-0.1, -0.05) is 40.5 Å². The normalized spacial score (nSPS) is 35.9. The van der Waals surface area contributed by atoms with Crippen molar-refractivity contribution in [1.29, 1.82) is 0 Å². The van der Waals surface area contributed by atoms with Gasteiger partial charge in [-0.15, -0.1) is 0 Å². The minimum Gasteiger partial charge on any atom is -0.388 e. The molecule has 2 aliphatic carbocycles. The standard InChI is InChI=1S/C15H20BrNO/c16-13-4-2-1-3-12(13)14(18)15(9-17)8-10-5-6-11(15)7-10/h1-4,10-11,14,18H,5-9,17H2. The van der Waals surface area contributed by atoms with Gasteiger partial charge in [-0.3, -0.25) is 0 Å². The fourth-order valence-electron chi connectivity index (χ4n) is 4.19. The molecule has 0 aliphatic heterocycles. The van der Waals surface area contributed by atoms with Gasteiger partial charge >= 0.3 is 0 Å². The minimum absolute atomic E-state index is 0.0905. The Hall–Kier alpha value is -0.380. The molecule has 3 N–H and O–H groups in total. The van der Waals surface area contributed by atoms with Crippen LogP contribution < -0.4 is 5.73 Å². The van der Waals surface area contributed by atoms with Gasteiger partial charge in [-0.25, -0.2) is 0 Å². The Labute approximate surface area is 117 Å². The fourth-order valence-corrected chi connectivity index (χ4v) is 4.69. The van der Waals surface area contributed by atoms with Crippen LogP contribution in [-0.2, 0) is 0 Å². The Morgan fingerprint density at radius 2 is 2.17 bits per heavy atom. The van der Waals surface area contributed by atoms with E-state index in [0.29, 0.717) is 12.5 Å². The lowest BCUT2D eigenvalue weighted by Crippen LogP contribution is -2.41. The molecule has 2 saturated carbocycles. The van der Waals surface area contributed by atoms with Gasteiger partial charge in [0, 0.05) is 16.4 Å². The van der Waals surface area contributed by atoms with Gasteiger partial charge in [0.05, 0.1) is 6.10 Å². The van der Waals surface area contributed by atoms with Crippen LogP contribution in [0.15, 0.2) is 28.7 Å². The van der Waals surface area contributed by atoms with Crippen LogP contribution in [0.1, 0.15) is 37.4 Å². The lowest BCUT2D eigenvalue weighted by atomic mass is 9.67. The second kappa shape index (κ2) is 4.62. The van der Waals surface area contributed by atoms with Crippen molar-refractivity contribution in [3.05, 3.63) is 34.3 Å². The summed E-state index contributed by atoms with van der Waals surface area (Å²) in [5.41, 5.74) is 6.97. The summed E-state index contributed by atoms with van der Waals surface area (Å²) in [7, 11) is 0. The second-order valence-corrected chi connectivity index (χ2v) is 6.80. The second-order valence-electron chi connectivity index (χ2n) is 5.94. The molecule has 3 heteroatoms. The molecule has 4 atom stereocenters. The summed E-state index contributed by atoms with van der Waals surface area (Å²) in [4.78, 5) is 0. The summed E-state index contributed by atoms with van der Waals surface area (Å²) in [5, 5.41) is 10.9. The molecule has 1 aromatic rings. The molecule has 0 heterocycles. The van der Waals surface area contributed by atoms with Gasteiger partial charge in [0.15, 0.2) is 0 Å². The third kappa shape index (κ3) is 1.75. The third-order valence-electron chi connectivity index (χ3n) is 5.15. The Kier molecular flexibility index (Phi) is 3.25. The zero-order valence-electron chi connectivity index (χ0n) is 10.5. The van der Waals surface area contributed by atoms with Crippen LogP contribution in [0.2, 0.25) is 0 Å². The van der Waals surface area contributed by atoms with Crippen molar-refractivity contribution in [3.8, 4) is 0 Å². The topological polar surface area (TPSA) is 46.2 Å². The summed E-state index contributed by atoms with van der Waals surface area (Å²) in [6.45, 7) is 0.594. The van der Waals surface area contributed by atoms with Crippen molar-refractivity contribution < 1.29 is 5.11 Å². The Morgan fingerprint density at radius 1 is 1.39 bits per heavy atom. The predicted molar refractivity (Wildman–Crippen MR) is 76.0 cm³/mol. The molecule has 0 radical (unpaired) electrons. The van der Waals surface area contributed by atoms with Crippen molar-refractivity contribution in [1.82, 2.24) is 0 Å². The molecule has 18 heavy (non-hydrogen) atoms. The van der Waals surface area contributed by atoms with Gasteiger partial charge in [0.1, 0.15) is 0 Å². The number of aliphatic hydroxyl groups is 1. The first-order valence-corrected chi connectivity index (χ1v) is 7.59. The Balaban J connectivity index is 1.96. The van der Waals surface area contributed by atoms with Crippen LogP contribution in [0.3, 0.4) is 0 Å². The van der Waals surface area contributed by atoms with Crippen LogP contribution in [0.4, 0.5) is 0 Å². The van der Waals surface area contributed by atoms with E-state index in [2.05, 4.69) is 15.9 Å². The zero-order valence-corrected chi connectivity index (χ0v) is 12.1. The molecule has 3 rings (SSSR count). The molecule has 2 bridgehead atoms. The number of hydrogen-bond donors (Lipinski definition) is 2. The first-order valence-electron chi connectivity index (χ1n) is 6.80. The summed E-state index contributed by atoms with van der Waals surface area (Å²) in [6.07, 6.45) is 4.49. The molecular formula is C15H20BrNO. The fraction of sp³-hybridized carbons (Fsp3) is 0.600. The van der Waals surface area contributed by atoms with E-state index in [-0.39, 0.29) is 5.41 Å². The molecule has 0 aromatic heterocycles. The number of fused-ring (bicyclic) bond motifs is 2. The van der Waals surface area contributed by atoms with E-state index in [9.17, 15) is 5.11 Å². The quantitative estimate of drug-likeness (QED) is 0.900. The summed E-state index contributed by atoms with van der Waals surface area (Å²) >= 11 is 3.55. The molecule has 2 aliphatic rings. The smallest absolute Gasteiger partial charge is 0.0871 e. The number of hydrogen-bond acceptors (Lipinski definition) is 2. The summed E-state index contributed by atoms with van der Waals surface area (Å²) in [6, 6.07) is 7.98. The Morgan fingerprint density at radius 3 is 2.72 bits per heavy atom. The lowest BCUT2D eigenvalue weighted by Gasteiger charge is -2.41. The Bertz CT molecular complexity index is 450. The molecule has 4 unspecified atom stereocenters. The molecule has 98 valence electrons. The average Bonchev–Trinajstić information content (AvgIpc) is 2.99. The number of halogens is 1. The van der Waals surface area contributed by atoms with E-state index in [4.69, 9.17) is 5.73 Å². The minimum atomic E-state index is -0.437. The van der Waals surface area contributed by atoms with E-state index < -0.39 is 6.10 Å². The van der Waals surface area contributed by atoms with E-state index in [1.807, 2.05) is 24.3 Å². The van der Waals surface area contributed by atoms with Crippen LogP contribution in [-0.4, -0.2) is 11.7 Å². The summed E-state index contributed by atoms with van der Waals surface area (Å²) in [5.74, 6) is 1.39. The highest BCUT2D eigenvalue weighted by molar-refractivity contribution is 9.10. The van der Waals surface area contributed by atoms with E-state index >= 15 is 0 Å². The monoisotopic (exact) mass is 309 g/mol. The van der Waals surface area contributed by atoms with Crippen molar-refractivity contribution in [2.45, 2.75) is 31.8 Å². The van der Waals surface area contributed by atoms with E-state index in [0.717, 1.165) is 22.4 Å². The highest BCUT2D eigenvalue weighted by Crippen LogP contribution is 2.60. The maximum Gasteiger partial charge on any atom is 0.0871 e. The van der Waals surface area contributed by atoms with Crippen LogP contribution in [0.5, 0.6) is 0 Å². The molecule has 0 saturated heterocycles. The van der Waals surface area contributed by atoms with Crippen LogP contribution >= 0.6 is 15.9 Å². The number of aliphatic hydroxyl groups excluding tert-OH is 1. The zero-order chi connectivity index (χ0) is 12.8. The predicted octanol–water partition coefficient (Wildman–Crippen LogP) is 3.25. The first kappa shape index (κ1) is 12.6. The average molecular weight is 310 g/mol. The van der Waals surface area contributed by atoms with Crippen LogP contribution in [0, 0.1) is 17.3 Å². The highest BCUT2D eigenvalue weighted by Gasteiger charge is 2.54. The third-order valence-corrected chi connectivity index (χ3v) is 5.87. The van der Waals surface area contributed by atoms with Crippen molar-refractivity contribution >= 4 is 15.9 Å². The van der Waals surface area contributed by atoms with E-state index in [1.165, 1.54) is 19.3 Å². The first-order chi connectivity index (χ1) is 8.67. The number of benzene rings is 1. The number of rotatable bonds is 3. The van der Waals surface area contributed by atoms with Gasteiger partial charge in [0.25, 0.3) is 0 Å². The molecule has 2 fully saturated rings. The molecule has 0 spiro atoms. The van der Waals surface area contributed by atoms with Gasteiger partial charge in [-0.05, 0) is 42.7 Å². The van der Waals surface area contributed by atoms with Gasteiger partial charge < -0.3 is 10.8 Å². The van der Waals surface area contributed by atoms with Crippen molar-refractivity contribution in [2.75, 3.05) is 6.54 Å². The maximum absolute atomic E-state index is 10.9.